The monoisotopic (exact) mass is 660 g/mol. The number of ether oxygens (including phenoxy) is 2. The van der Waals surface area contributed by atoms with Crippen molar-refractivity contribution in [2.45, 2.75) is 80.6 Å². The van der Waals surface area contributed by atoms with E-state index in [1.54, 1.807) is 69.8 Å². The Hall–Kier alpha value is -4.74. The van der Waals surface area contributed by atoms with Crippen molar-refractivity contribution in [2.75, 3.05) is 27.3 Å². The molecule has 0 fully saturated rings. The molecule has 2 heterocycles. The standard InChI is InChI=1S/C36H48N6O6/c1-21(2)35(45)33-27-13-11-25(47-9)17-29(27)41(37-33)19-31(43)39(23(5)6)15-16-40(24(7)8)32(44)20-42-30-18-26(48-10)12-14-28(30)34(38-42)36(46)22(3)4/h11-14,17-18,21-24H,15-16,19-20H2,1-10H3. The van der Waals surface area contributed by atoms with E-state index in [4.69, 9.17) is 9.47 Å². The first-order valence-corrected chi connectivity index (χ1v) is 16.4. The fourth-order valence-corrected chi connectivity index (χ4v) is 5.71. The van der Waals surface area contributed by atoms with E-state index in [-0.39, 0.29) is 73.5 Å². The van der Waals surface area contributed by atoms with Crippen LogP contribution in [0.1, 0.15) is 76.4 Å². The van der Waals surface area contributed by atoms with Crippen LogP contribution in [0.2, 0.25) is 0 Å². The third kappa shape index (κ3) is 7.53. The summed E-state index contributed by atoms with van der Waals surface area (Å²) < 4.78 is 13.9. The Balaban J connectivity index is 1.57. The Bertz CT molecular complexity index is 1690. The van der Waals surface area contributed by atoms with Crippen LogP contribution in [0.4, 0.5) is 0 Å². The van der Waals surface area contributed by atoms with Crippen LogP contribution in [-0.2, 0) is 22.7 Å². The number of hydrogen-bond donors (Lipinski definition) is 0. The Labute approximate surface area is 281 Å². The fourth-order valence-electron chi connectivity index (χ4n) is 5.71. The second-order valence-corrected chi connectivity index (χ2v) is 13.2. The van der Waals surface area contributed by atoms with Gasteiger partial charge in [-0.2, -0.15) is 10.2 Å². The van der Waals surface area contributed by atoms with Crippen molar-refractivity contribution in [1.82, 2.24) is 29.4 Å². The minimum absolute atomic E-state index is 0.0867. The molecule has 0 N–H and O–H groups in total. The summed E-state index contributed by atoms with van der Waals surface area (Å²) in [5, 5.41) is 10.5. The number of amides is 2. The largest absolute Gasteiger partial charge is 0.497 e. The highest BCUT2D eigenvalue weighted by Gasteiger charge is 2.27. The molecule has 0 bridgehead atoms. The third-order valence-electron chi connectivity index (χ3n) is 8.47. The van der Waals surface area contributed by atoms with Gasteiger partial charge in [0.05, 0.1) is 25.3 Å². The van der Waals surface area contributed by atoms with Gasteiger partial charge in [0.2, 0.25) is 11.8 Å². The molecule has 4 rings (SSSR count). The maximum atomic E-state index is 13.8. The molecular weight excluding hydrogens is 612 g/mol. The van der Waals surface area contributed by atoms with E-state index >= 15 is 0 Å². The predicted molar refractivity (Wildman–Crippen MR) is 185 cm³/mol. The molecule has 48 heavy (non-hydrogen) atoms. The molecule has 12 nitrogen and oxygen atoms in total. The third-order valence-corrected chi connectivity index (χ3v) is 8.47. The highest BCUT2D eigenvalue weighted by Crippen LogP contribution is 2.27. The molecule has 0 unspecified atom stereocenters. The van der Waals surface area contributed by atoms with Gasteiger partial charge in [-0.15, -0.1) is 0 Å². The molecule has 0 aliphatic heterocycles. The quantitative estimate of drug-likeness (QED) is 0.158. The van der Waals surface area contributed by atoms with Crippen LogP contribution in [0.15, 0.2) is 36.4 Å². The van der Waals surface area contributed by atoms with E-state index < -0.39 is 0 Å². The van der Waals surface area contributed by atoms with E-state index in [1.807, 2.05) is 55.4 Å². The topological polar surface area (TPSA) is 129 Å². The van der Waals surface area contributed by atoms with Gasteiger partial charge in [0.1, 0.15) is 36.0 Å². The lowest BCUT2D eigenvalue weighted by Gasteiger charge is -2.32. The first-order valence-electron chi connectivity index (χ1n) is 16.4. The molecular formula is C36H48N6O6. The van der Waals surface area contributed by atoms with Crippen LogP contribution in [0.25, 0.3) is 21.8 Å². The number of methoxy groups -OCH3 is 2. The summed E-state index contributed by atoms with van der Waals surface area (Å²) in [5.74, 6) is 0.0682. The molecule has 2 amide bonds. The first kappa shape index (κ1) is 36.1. The van der Waals surface area contributed by atoms with Crippen molar-refractivity contribution in [3.63, 3.8) is 0 Å². The van der Waals surface area contributed by atoms with Crippen LogP contribution >= 0.6 is 0 Å². The van der Waals surface area contributed by atoms with Crippen molar-refractivity contribution in [1.29, 1.82) is 0 Å². The van der Waals surface area contributed by atoms with Crippen LogP contribution in [0, 0.1) is 11.8 Å². The number of rotatable bonds is 15. The second-order valence-electron chi connectivity index (χ2n) is 13.2. The van der Waals surface area contributed by atoms with Gasteiger partial charge in [-0.25, -0.2) is 0 Å². The zero-order valence-corrected chi connectivity index (χ0v) is 29.7. The number of carbonyl (C=O) groups excluding carboxylic acids is 4. The number of nitrogens with zero attached hydrogens (tertiary/aromatic N) is 6. The maximum absolute atomic E-state index is 13.8. The van der Waals surface area contributed by atoms with Crippen molar-refractivity contribution >= 4 is 45.2 Å². The Morgan fingerprint density at radius 3 is 1.27 bits per heavy atom. The van der Waals surface area contributed by atoms with Gasteiger partial charge in [0.15, 0.2) is 11.6 Å². The Morgan fingerprint density at radius 2 is 0.979 bits per heavy atom. The number of fused-ring (bicyclic) bond motifs is 2. The lowest BCUT2D eigenvalue weighted by Crippen LogP contribution is -2.47. The molecule has 0 saturated carbocycles. The van der Waals surface area contributed by atoms with E-state index in [2.05, 4.69) is 10.2 Å². The van der Waals surface area contributed by atoms with Crippen molar-refractivity contribution in [3.8, 4) is 11.5 Å². The summed E-state index contributed by atoms with van der Waals surface area (Å²) in [6.07, 6.45) is 0. The predicted octanol–water partition coefficient (Wildman–Crippen LogP) is 5.25. The summed E-state index contributed by atoms with van der Waals surface area (Å²) in [7, 11) is 3.12. The summed E-state index contributed by atoms with van der Waals surface area (Å²) in [6.45, 7) is 15.4. The molecule has 12 heteroatoms. The number of benzene rings is 2. The lowest BCUT2D eigenvalue weighted by molar-refractivity contribution is -0.138. The lowest BCUT2D eigenvalue weighted by atomic mass is 10.0. The smallest absolute Gasteiger partial charge is 0.244 e. The first-order chi connectivity index (χ1) is 22.7. The van der Waals surface area contributed by atoms with Gasteiger partial charge >= 0.3 is 0 Å². The van der Waals surface area contributed by atoms with E-state index in [1.165, 1.54) is 0 Å². The van der Waals surface area contributed by atoms with Gasteiger partial charge in [-0.05, 0) is 52.0 Å². The molecule has 2 aromatic carbocycles. The van der Waals surface area contributed by atoms with Crippen molar-refractivity contribution in [2.24, 2.45) is 11.8 Å². The Morgan fingerprint density at radius 1 is 0.625 bits per heavy atom. The summed E-state index contributed by atoms with van der Waals surface area (Å²) in [4.78, 5) is 57.1. The van der Waals surface area contributed by atoms with Gasteiger partial charge < -0.3 is 19.3 Å². The van der Waals surface area contributed by atoms with E-state index in [0.29, 0.717) is 44.7 Å². The second kappa shape index (κ2) is 15.0. The average Bonchev–Trinajstić information content (AvgIpc) is 3.58. The molecule has 0 spiro atoms. The Kier molecular flexibility index (Phi) is 11.3. The molecule has 0 radical (unpaired) electrons. The van der Waals surface area contributed by atoms with Gasteiger partial charge in [0, 0.05) is 59.9 Å². The minimum atomic E-state index is -0.259. The molecule has 0 aliphatic carbocycles. The normalized spacial score (nSPS) is 11.7. The van der Waals surface area contributed by atoms with E-state index in [0.717, 1.165) is 0 Å². The highest BCUT2D eigenvalue weighted by molar-refractivity contribution is 6.08. The van der Waals surface area contributed by atoms with Gasteiger partial charge in [0.25, 0.3) is 0 Å². The van der Waals surface area contributed by atoms with Gasteiger partial charge in [-0.3, -0.25) is 28.5 Å². The molecule has 4 aromatic rings. The fraction of sp³-hybridized carbons (Fsp3) is 0.500. The number of carbonyl (C=O) groups is 4. The molecule has 2 aromatic heterocycles. The zero-order chi connectivity index (χ0) is 35.4. The van der Waals surface area contributed by atoms with Crippen LogP contribution in [0.5, 0.6) is 11.5 Å². The van der Waals surface area contributed by atoms with Crippen LogP contribution in [-0.4, -0.2) is 92.1 Å². The maximum Gasteiger partial charge on any atom is 0.244 e. The minimum Gasteiger partial charge on any atom is -0.497 e. The van der Waals surface area contributed by atoms with Crippen molar-refractivity contribution in [3.05, 3.63) is 47.8 Å². The SMILES string of the molecule is COc1ccc2c(C(=O)C(C)C)nn(CC(=O)N(CCN(C(=O)Cn3nc(C(=O)C(C)C)c4ccc(OC)cc43)C(C)C)C(C)C)c2c1. The number of hydrogen-bond acceptors (Lipinski definition) is 8. The molecule has 258 valence electrons. The number of aromatic nitrogens is 4. The average molecular weight is 661 g/mol. The molecule has 0 saturated heterocycles. The molecule has 0 atom stereocenters. The van der Waals surface area contributed by atoms with Crippen LogP contribution < -0.4 is 9.47 Å². The van der Waals surface area contributed by atoms with Gasteiger partial charge in [-0.1, -0.05) is 27.7 Å². The number of ketones is 2. The summed E-state index contributed by atoms with van der Waals surface area (Å²) in [5.41, 5.74) is 1.91. The summed E-state index contributed by atoms with van der Waals surface area (Å²) >= 11 is 0. The van der Waals surface area contributed by atoms with Crippen LogP contribution in [0.3, 0.4) is 0 Å². The highest BCUT2D eigenvalue weighted by atomic mass is 16.5. The van der Waals surface area contributed by atoms with Crippen molar-refractivity contribution < 1.29 is 28.7 Å². The summed E-state index contributed by atoms with van der Waals surface area (Å²) in [6, 6.07) is 10.4. The van der Waals surface area contributed by atoms with E-state index in [9.17, 15) is 19.2 Å². The zero-order valence-electron chi connectivity index (χ0n) is 29.7. The number of Topliss-reactive ketones (excluding diaryl/α,β-unsaturated/α-hetero) is 2. The molecule has 0 aliphatic rings.